The molecule has 0 unspecified atom stereocenters. The van der Waals surface area contributed by atoms with Crippen LogP contribution in [-0.4, -0.2) is 41.1 Å². The number of benzene rings is 1. The number of carbonyl (C=O) groups is 2. The second kappa shape index (κ2) is 6.36. The largest absolute Gasteiger partial charge is 0.493 e. The maximum absolute atomic E-state index is 12.7. The standard InChI is InChI=1S/C14H16FNO4/c15-10-1-5-12(6-2-10)20-8-7-13(17)16(9-14(18)19)11-3-4-11/h1-2,5-6,11H,3-4,7-9H2,(H,18,19). The number of nitrogens with zero attached hydrogens (tertiary/aromatic N) is 1. The lowest BCUT2D eigenvalue weighted by atomic mass is 10.3. The lowest BCUT2D eigenvalue weighted by molar-refractivity contribution is -0.145. The van der Waals surface area contributed by atoms with Gasteiger partial charge in [0.25, 0.3) is 0 Å². The molecule has 20 heavy (non-hydrogen) atoms. The van der Waals surface area contributed by atoms with Crippen LogP contribution in [0.4, 0.5) is 4.39 Å². The fourth-order valence-corrected chi connectivity index (χ4v) is 1.88. The summed E-state index contributed by atoms with van der Waals surface area (Å²) in [6.45, 7) is -0.118. The second-order valence-electron chi connectivity index (χ2n) is 4.70. The van der Waals surface area contributed by atoms with Gasteiger partial charge in [-0.05, 0) is 37.1 Å². The number of carboxylic acid groups (broad SMARTS) is 1. The lowest BCUT2D eigenvalue weighted by Crippen LogP contribution is -2.38. The van der Waals surface area contributed by atoms with Gasteiger partial charge in [-0.25, -0.2) is 4.39 Å². The van der Waals surface area contributed by atoms with Crippen LogP contribution in [0.25, 0.3) is 0 Å². The lowest BCUT2D eigenvalue weighted by Gasteiger charge is -2.20. The van der Waals surface area contributed by atoms with Gasteiger partial charge in [0.2, 0.25) is 5.91 Å². The van der Waals surface area contributed by atoms with Crippen molar-refractivity contribution in [2.75, 3.05) is 13.2 Å². The molecule has 2 rings (SSSR count). The van der Waals surface area contributed by atoms with E-state index in [-0.39, 0.29) is 37.3 Å². The maximum Gasteiger partial charge on any atom is 0.323 e. The Morgan fingerprint density at radius 3 is 2.50 bits per heavy atom. The average Bonchev–Trinajstić information content (AvgIpc) is 3.22. The average molecular weight is 281 g/mol. The highest BCUT2D eigenvalue weighted by molar-refractivity contribution is 5.82. The molecule has 0 bridgehead atoms. The molecule has 1 aromatic carbocycles. The summed E-state index contributed by atoms with van der Waals surface area (Å²) in [4.78, 5) is 24.0. The summed E-state index contributed by atoms with van der Waals surface area (Å²) >= 11 is 0. The van der Waals surface area contributed by atoms with Crippen molar-refractivity contribution in [2.45, 2.75) is 25.3 Å². The summed E-state index contributed by atoms with van der Waals surface area (Å²) in [5.74, 6) is -1.10. The van der Waals surface area contributed by atoms with Crippen LogP contribution in [0, 0.1) is 5.82 Å². The van der Waals surface area contributed by atoms with E-state index in [0.29, 0.717) is 5.75 Å². The molecule has 108 valence electrons. The number of carbonyl (C=O) groups excluding carboxylic acids is 1. The first-order valence-electron chi connectivity index (χ1n) is 6.46. The summed E-state index contributed by atoms with van der Waals surface area (Å²) in [7, 11) is 0. The van der Waals surface area contributed by atoms with Crippen molar-refractivity contribution in [3.05, 3.63) is 30.1 Å². The molecule has 1 aromatic rings. The zero-order chi connectivity index (χ0) is 14.5. The van der Waals surface area contributed by atoms with Gasteiger partial charge >= 0.3 is 5.97 Å². The third kappa shape index (κ3) is 4.22. The molecule has 0 atom stereocenters. The van der Waals surface area contributed by atoms with Gasteiger partial charge in [0.15, 0.2) is 0 Å². The van der Waals surface area contributed by atoms with Crippen LogP contribution >= 0.6 is 0 Å². The van der Waals surface area contributed by atoms with E-state index in [1.165, 1.54) is 29.2 Å². The highest BCUT2D eigenvalue weighted by Gasteiger charge is 2.33. The molecule has 0 radical (unpaired) electrons. The minimum atomic E-state index is -1.01. The number of aliphatic carboxylic acids is 1. The molecule has 6 heteroatoms. The number of carboxylic acids is 1. The summed E-state index contributed by atoms with van der Waals surface area (Å²) in [6.07, 6.45) is 1.83. The Balaban J connectivity index is 1.78. The van der Waals surface area contributed by atoms with Gasteiger partial charge < -0.3 is 14.7 Å². The van der Waals surface area contributed by atoms with E-state index in [0.717, 1.165) is 12.8 Å². The number of hydrogen-bond acceptors (Lipinski definition) is 3. The summed E-state index contributed by atoms with van der Waals surface area (Å²) in [6, 6.07) is 5.58. The molecule has 0 spiro atoms. The molecule has 0 aromatic heterocycles. The second-order valence-corrected chi connectivity index (χ2v) is 4.70. The molecular weight excluding hydrogens is 265 g/mol. The fourth-order valence-electron chi connectivity index (χ4n) is 1.88. The Hall–Kier alpha value is -2.11. The van der Waals surface area contributed by atoms with Gasteiger partial charge in [0, 0.05) is 6.04 Å². The van der Waals surface area contributed by atoms with E-state index < -0.39 is 5.97 Å². The number of hydrogen-bond donors (Lipinski definition) is 1. The molecule has 1 aliphatic rings. The Morgan fingerprint density at radius 1 is 1.30 bits per heavy atom. The third-order valence-electron chi connectivity index (χ3n) is 3.01. The van der Waals surface area contributed by atoms with Crippen LogP contribution in [0.3, 0.4) is 0 Å². The molecule has 1 amide bonds. The zero-order valence-electron chi connectivity index (χ0n) is 10.9. The fraction of sp³-hybridized carbons (Fsp3) is 0.429. The van der Waals surface area contributed by atoms with Gasteiger partial charge in [0.1, 0.15) is 18.1 Å². The van der Waals surface area contributed by atoms with Crippen LogP contribution < -0.4 is 4.74 Å². The number of rotatable bonds is 7. The van der Waals surface area contributed by atoms with E-state index in [2.05, 4.69) is 0 Å². The molecule has 1 saturated carbocycles. The first-order chi connectivity index (χ1) is 9.56. The minimum Gasteiger partial charge on any atom is -0.493 e. The molecule has 0 aliphatic heterocycles. The molecule has 1 fully saturated rings. The van der Waals surface area contributed by atoms with Crippen LogP contribution in [-0.2, 0) is 9.59 Å². The summed E-state index contributed by atoms with van der Waals surface area (Å²) in [5, 5.41) is 8.78. The predicted octanol–water partition coefficient (Wildman–Crippen LogP) is 1.67. The SMILES string of the molecule is O=C(O)CN(C(=O)CCOc1ccc(F)cc1)C1CC1. The van der Waals surface area contributed by atoms with E-state index >= 15 is 0 Å². The van der Waals surface area contributed by atoms with E-state index in [9.17, 15) is 14.0 Å². The maximum atomic E-state index is 12.7. The van der Waals surface area contributed by atoms with Crippen molar-refractivity contribution >= 4 is 11.9 Å². The van der Waals surface area contributed by atoms with Crippen molar-refractivity contribution in [2.24, 2.45) is 0 Å². The quantitative estimate of drug-likeness (QED) is 0.825. The predicted molar refractivity (Wildman–Crippen MR) is 68.9 cm³/mol. The van der Waals surface area contributed by atoms with Gasteiger partial charge in [0.05, 0.1) is 13.0 Å². The van der Waals surface area contributed by atoms with Crippen LogP contribution in [0.5, 0.6) is 5.75 Å². The normalized spacial score (nSPS) is 13.8. The molecule has 1 aliphatic carbocycles. The highest BCUT2D eigenvalue weighted by atomic mass is 19.1. The van der Waals surface area contributed by atoms with Gasteiger partial charge in [-0.2, -0.15) is 0 Å². The van der Waals surface area contributed by atoms with Crippen LogP contribution in [0.15, 0.2) is 24.3 Å². The third-order valence-corrected chi connectivity index (χ3v) is 3.01. The van der Waals surface area contributed by atoms with Crippen molar-refractivity contribution in [3.63, 3.8) is 0 Å². The molecular formula is C14H16FNO4. The van der Waals surface area contributed by atoms with E-state index in [1.54, 1.807) is 0 Å². The summed E-state index contributed by atoms with van der Waals surface area (Å²) < 4.78 is 18.0. The Labute approximate surface area is 116 Å². The molecule has 1 N–H and O–H groups in total. The Bertz CT molecular complexity index is 484. The summed E-state index contributed by atoms with van der Waals surface area (Å²) in [5.41, 5.74) is 0. The van der Waals surface area contributed by atoms with E-state index in [1.807, 2.05) is 0 Å². The van der Waals surface area contributed by atoms with Gasteiger partial charge in [-0.15, -0.1) is 0 Å². The first-order valence-corrected chi connectivity index (χ1v) is 6.46. The molecule has 5 nitrogen and oxygen atoms in total. The van der Waals surface area contributed by atoms with Crippen molar-refractivity contribution in [1.82, 2.24) is 4.90 Å². The monoisotopic (exact) mass is 281 g/mol. The number of ether oxygens (including phenoxy) is 1. The number of halogens is 1. The van der Waals surface area contributed by atoms with Crippen molar-refractivity contribution in [1.29, 1.82) is 0 Å². The zero-order valence-corrected chi connectivity index (χ0v) is 10.9. The van der Waals surface area contributed by atoms with Gasteiger partial charge in [-0.1, -0.05) is 0 Å². The topological polar surface area (TPSA) is 66.8 Å². The van der Waals surface area contributed by atoms with E-state index in [4.69, 9.17) is 9.84 Å². The van der Waals surface area contributed by atoms with Crippen LogP contribution in [0.2, 0.25) is 0 Å². The minimum absolute atomic E-state index is 0.0596. The van der Waals surface area contributed by atoms with Gasteiger partial charge in [-0.3, -0.25) is 9.59 Å². The van der Waals surface area contributed by atoms with Crippen LogP contribution in [0.1, 0.15) is 19.3 Å². The first kappa shape index (κ1) is 14.3. The number of amides is 1. The smallest absolute Gasteiger partial charge is 0.323 e. The molecule has 0 heterocycles. The Kier molecular flexibility index (Phi) is 4.55. The van der Waals surface area contributed by atoms with Crippen molar-refractivity contribution < 1.29 is 23.8 Å². The Morgan fingerprint density at radius 2 is 1.95 bits per heavy atom. The van der Waals surface area contributed by atoms with Crippen molar-refractivity contribution in [3.8, 4) is 5.75 Å². The molecule has 0 saturated heterocycles. The highest BCUT2D eigenvalue weighted by Crippen LogP contribution is 2.27.